The molecule has 116 valence electrons. The molecule has 0 aliphatic rings. The average Bonchev–Trinajstić information content (AvgIpc) is 2.61. The van der Waals surface area contributed by atoms with Crippen molar-refractivity contribution in [2.45, 2.75) is 20.1 Å². The lowest BCUT2D eigenvalue weighted by atomic mass is 10.2. The maximum atomic E-state index is 5.87. The van der Waals surface area contributed by atoms with Crippen molar-refractivity contribution >= 4 is 5.69 Å². The van der Waals surface area contributed by atoms with Crippen LogP contribution in [0.1, 0.15) is 17.1 Å². The van der Waals surface area contributed by atoms with Crippen LogP contribution in [0.15, 0.2) is 61.1 Å². The molecule has 0 bridgehead atoms. The summed E-state index contributed by atoms with van der Waals surface area (Å²) in [5, 5.41) is 3.36. The Morgan fingerprint density at radius 2 is 1.74 bits per heavy atom. The lowest BCUT2D eigenvalue weighted by molar-refractivity contribution is 0.302. The van der Waals surface area contributed by atoms with Crippen LogP contribution < -0.4 is 10.1 Å². The summed E-state index contributed by atoms with van der Waals surface area (Å²) in [4.78, 5) is 12.7. The van der Waals surface area contributed by atoms with E-state index < -0.39 is 0 Å². The predicted molar refractivity (Wildman–Crippen MR) is 89.1 cm³/mol. The zero-order valence-corrected chi connectivity index (χ0v) is 12.9. The Bertz CT molecular complexity index is 744. The van der Waals surface area contributed by atoms with Crippen LogP contribution in [0.2, 0.25) is 0 Å². The normalized spacial score (nSPS) is 10.3. The van der Waals surface area contributed by atoms with Gasteiger partial charge in [0.1, 0.15) is 18.2 Å². The van der Waals surface area contributed by atoms with E-state index in [4.69, 9.17) is 4.74 Å². The average molecular weight is 306 g/mol. The Balaban J connectivity index is 1.64. The molecular formula is C18H18N4O. The molecule has 5 nitrogen and oxygen atoms in total. The van der Waals surface area contributed by atoms with Gasteiger partial charge in [0, 0.05) is 30.7 Å². The minimum Gasteiger partial charge on any atom is -0.485 e. The van der Waals surface area contributed by atoms with Crippen LogP contribution in [-0.2, 0) is 13.2 Å². The number of ether oxygens (including phenoxy) is 1. The topological polar surface area (TPSA) is 59.9 Å². The zero-order chi connectivity index (χ0) is 15.9. The first-order chi connectivity index (χ1) is 11.3. The van der Waals surface area contributed by atoms with Gasteiger partial charge < -0.3 is 10.1 Å². The highest BCUT2D eigenvalue weighted by molar-refractivity contribution is 5.56. The van der Waals surface area contributed by atoms with Gasteiger partial charge in [-0.1, -0.05) is 18.2 Å². The van der Waals surface area contributed by atoms with Gasteiger partial charge >= 0.3 is 0 Å². The van der Waals surface area contributed by atoms with Gasteiger partial charge in [-0.2, -0.15) is 0 Å². The van der Waals surface area contributed by atoms with E-state index in [2.05, 4.69) is 20.3 Å². The fraction of sp³-hybridized carbons (Fsp3) is 0.167. The fourth-order valence-electron chi connectivity index (χ4n) is 2.08. The van der Waals surface area contributed by atoms with E-state index in [9.17, 15) is 0 Å². The molecule has 3 rings (SSSR count). The van der Waals surface area contributed by atoms with Crippen LogP contribution in [0.4, 0.5) is 5.69 Å². The zero-order valence-electron chi connectivity index (χ0n) is 12.9. The summed E-state index contributed by atoms with van der Waals surface area (Å²) in [6.07, 6.45) is 5.42. The molecule has 1 aromatic carbocycles. The summed E-state index contributed by atoms with van der Waals surface area (Å²) in [7, 11) is 0. The molecule has 0 saturated heterocycles. The first-order valence-electron chi connectivity index (χ1n) is 7.44. The van der Waals surface area contributed by atoms with E-state index in [1.807, 2.05) is 61.8 Å². The van der Waals surface area contributed by atoms with Gasteiger partial charge in [0.25, 0.3) is 0 Å². The number of aromatic nitrogens is 3. The molecule has 0 aliphatic heterocycles. The standard InChI is InChI=1S/C18H18N4O/c1-14-20-10-15(11-21-14)12-22-17-7-2-3-8-18(17)23-13-16-6-4-5-9-19-16/h2-11,22H,12-13H2,1H3. The maximum Gasteiger partial charge on any atom is 0.142 e. The van der Waals surface area contributed by atoms with E-state index >= 15 is 0 Å². The van der Waals surface area contributed by atoms with Gasteiger partial charge in [0.2, 0.25) is 0 Å². The van der Waals surface area contributed by atoms with Crippen LogP contribution in [-0.4, -0.2) is 15.0 Å². The van der Waals surface area contributed by atoms with Gasteiger partial charge in [-0.3, -0.25) is 4.98 Å². The summed E-state index contributed by atoms with van der Waals surface area (Å²) >= 11 is 0. The number of aryl methyl sites for hydroxylation is 1. The van der Waals surface area contributed by atoms with E-state index in [0.717, 1.165) is 28.5 Å². The number of nitrogens with one attached hydrogen (secondary N) is 1. The van der Waals surface area contributed by atoms with E-state index in [1.54, 1.807) is 6.20 Å². The van der Waals surface area contributed by atoms with Gasteiger partial charge in [-0.25, -0.2) is 9.97 Å². The number of nitrogens with zero attached hydrogens (tertiary/aromatic N) is 3. The van der Waals surface area contributed by atoms with Crippen LogP contribution in [0, 0.1) is 6.92 Å². The van der Waals surface area contributed by atoms with Crippen LogP contribution in [0.5, 0.6) is 5.75 Å². The van der Waals surface area contributed by atoms with Crippen molar-refractivity contribution in [3.63, 3.8) is 0 Å². The highest BCUT2D eigenvalue weighted by Gasteiger charge is 2.04. The maximum absolute atomic E-state index is 5.87. The quantitative estimate of drug-likeness (QED) is 0.756. The van der Waals surface area contributed by atoms with Gasteiger partial charge in [-0.05, 0) is 31.2 Å². The molecule has 0 unspecified atom stereocenters. The third-order valence-electron chi connectivity index (χ3n) is 3.31. The van der Waals surface area contributed by atoms with Crippen LogP contribution >= 0.6 is 0 Å². The summed E-state index contributed by atoms with van der Waals surface area (Å²) in [5.74, 6) is 1.57. The van der Waals surface area contributed by atoms with Crippen molar-refractivity contribution < 1.29 is 4.74 Å². The molecule has 1 N–H and O–H groups in total. The molecule has 0 amide bonds. The Hall–Kier alpha value is -2.95. The number of anilines is 1. The predicted octanol–water partition coefficient (Wildman–Crippen LogP) is 3.37. The Labute approximate surface area is 135 Å². The molecule has 23 heavy (non-hydrogen) atoms. The SMILES string of the molecule is Cc1ncc(CNc2ccccc2OCc2ccccn2)cn1. The van der Waals surface area contributed by atoms with Gasteiger partial charge in [0.05, 0.1) is 11.4 Å². The van der Waals surface area contributed by atoms with Crippen LogP contribution in [0.25, 0.3) is 0 Å². The Kier molecular flexibility index (Phi) is 4.79. The molecular weight excluding hydrogens is 288 g/mol. The second kappa shape index (κ2) is 7.35. The smallest absolute Gasteiger partial charge is 0.142 e. The summed E-state index contributed by atoms with van der Waals surface area (Å²) in [6, 6.07) is 13.6. The van der Waals surface area contributed by atoms with Crippen molar-refractivity contribution in [2.24, 2.45) is 0 Å². The fourth-order valence-corrected chi connectivity index (χ4v) is 2.08. The highest BCUT2D eigenvalue weighted by Crippen LogP contribution is 2.25. The lowest BCUT2D eigenvalue weighted by Crippen LogP contribution is -2.04. The molecule has 0 fully saturated rings. The number of hydrogen-bond acceptors (Lipinski definition) is 5. The van der Waals surface area contributed by atoms with E-state index in [0.29, 0.717) is 13.2 Å². The van der Waals surface area contributed by atoms with Crippen molar-refractivity contribution in [3.8, 4) is 5.75 Å². The van der Waals surface area contributed by atoms with E-state index in [-0.39, 0.29) is 0 Å². The molecule has 0 radical (unpaired) electrons. The minimum atomic E-state index is 0.438. The van der Waals surface area contributed by atoms with Crippen molar-refractivity contribution in [2.75, 3.05) is 5.32 Å². The molecule has 2 heterocycles. The summed E-state index contributed by atoms with van der Waals surface area (Å²) < 4.78 is 5.87. The van der Waals surface area contributed by atoms with E-state index in [1.165, 1.54) is 0 Å². The third-order valence-corrected chi connectivity index (χ3v) is 3.31. The lowest BCUT2D eigenvalue weighted by Gasteiger charge is -2.13. The molecule has 2 aromatic heterocycles. The second-order valence-electron chi connectivity index (χ2n) is 5.10. The van der Waals surface area contributed by atoms with Crippen molar-refractivity contribution in [1.29, 1.82) is 0 Å². The molecule has 0 aliphatic carbocycles. The highest BCUT2D eigenvalue weighted by atomic mass is 16.5. The number of pyridine rings is 1. The monoisotopic (exact) mass is 306 g/mol. The van der Waals surface area contributed by atoms with Gasteiger partial charge in [-0.15, -0.1) is 0 Å². The number of hydrogen-bond donors (Lipinski definition) is 1. The second-order valence-corrected chi connectivity index (χ2v) is 5.10. The number of para-hydroxylation sites is 2. The van der Waals surface area contributed by atoms with Gasteiger partial charge in [0.15, 0.2) is 0 Å². The molecule has 3 aromatic rings. The summed E-state index contributed by atoms with van der Waals surface area (Å²) in [6.45, 7) is 2.95. The molecule has 0 atom stereocenters. The van der Waals surface area contributed by atoms with Crippen molar-refractivity contribution in [1.82, 2.24) is 15.0 Å². The number of rotatable bonds is 6. The first-order valence-corrected chi connectivity index (χ1v) is 7.44. The summed E-state index contributed by atoms with van der Waals surface area (Å²) in [5.41, 5.74) is 2.85. The Morgan fingerprint density at radius 3 is 2.52 bits per heavy atom. The first kappa shape index (κ1) is 15.0. The minimum absolute atomic E-state index is 0.438. The molecule has 5 heteroatoms. The van der Waals surface area contributed by atoms with Crippen molar-refractivity contribution in [3.05, 3.63) is 78.1 Å². The molecule has 0 saturated carbocycles. The number of benzene rings is 1. The van der Waals surface area contributed by atoms with Crippen LogP contribution in [0.3, 0.4) is 0 Å². The molecule has 0 spiro atoms. The Morgan fingerprint density at radius 1 is 0.957 bits per heavy atom. The third kappa shape index (κ3) is 4.26. The largest absolute Gasteiger partial charge is 0.485 e.